The van der Waals surface area contributed by atoms with Crippen LogP contribution in [0.25, 0.3) is 5.69 Å². The monoisotopic (exact) mass is 255 g/mol. The molecule has 0 atom stereocenters. The largest absolute Gasteiger partial charge is 0.416 e. The van der Waals surface area contributed by atoms with Gasteiger partial charge in [-0.05, 0) is 31.5 Å². The van der Waals surface area contributed by atoms with Crippen LogP contribution in [0.15, 0.2) is 24.4 Å². The molecule has 0 bridgehead atoms. The van der Waals surface area contributed by atoms with Gasteiger partial charge in [0.1, 0.15) is 5.82 Å². The number of aryl methyl sites for hydroxylation is 2. The summed E-state index contributed by atoms with van der Waals surface area (Å²) in [5, 5.41) is 3.96. The van der Waals surface area contributed by atoms with E-state index in [2.05, 4.69) is 5.10 Å². The molecule has 0 saturated heterocycles. The van der Waals surface area contributed by atoms with Gasteiger partial charge in [0, 0.05) is 11.8 Å². The Hall–Kier alpha value is -1.98. The molecule has 0 spiro atoms. The third kappa shape index (κ3) is 2.18. The number of anilines is 1. The minimum Gasteiger partial charge on any atom is -0.382 e. The zero-order valence-electron chi connectivity index (χ0n) is 9.92. The van der Waals surface area contributed by atoms with Gasteiger partial charge in [-0.1, -0.05) is 6.07 Å². The number of alkyl halides is 3. The predicted octanol–water partition coefficient (Wildman–Crippen LogP) is 3.09. The summed E-state index contributed by atoms with van der Waals surface area (Å²) in [4.78, 5) is 0. The second-order valence-corrected chi connectivity index (χ2v) is 4.14. The van der Waals surface area contributed by atoms with Crippen molar-refractivity contribution in [1.82, 2.24) is 9.78 Å². The lowest BCUT2D eigenvalue weighted by Gasteiger charge is -2.11. The second-order valence-electron chi connectivity index (χ2n) is 4.14. The van der Waals surface area contributed by atoms with Gasteiger partial charge < -0.3 is 5.73 Å². The number of hydrogen-bond acceptors (Lipinski definition) is 2. The maximum Gasteiger partial charge on any atom is 0.416 e. The smallest absolute Gasteiger partial charge is 0.382 e. The summed E-state index contributed by atoms with van der Waals surface area (Å²) in [5.41, 5.74) is 6.17. The lowest BCUT2D eigenvalue weighted by Crippen LogP contribution is -2.09. The lowest BCUT2D eigenvalue weighted by molar-refractivity contribution is -0.138. The predicted molar refractivity (Wildman–Crippen MR) is 62.5 cm³/mol. The van der Waals surface area contributed by atoms with Crippen molar-refractivity contribution in [3.8, 4) is 5.69 Å². The van der Waals surface area contributed by atoms with Crippen molar-refractivity contribution in [2.24, 2.45) is 0 Å². The van der Waals surface area contributed by atoms with Crippen LogP contribution in [0.3, 0.4) is 0 Å². The SMILES string of the molecule is Cc1ccc(-n2cc(C)c(N)n2)cc1C(F)(F)F. The van der Waals surface area contributed by atoms with Crippen molar-refractivity contribution in [2.45, 2.75) is 20.0 Å². The van der Waals surface area contributed by atoms with E-state index in [1.54, 1.807) is 19.2 Å². The van der Waals surface area contributed by atoms with E-state index in [0.717, 1.165) is 11.6 Å². The average molecular weight is 255 g/mol. The van der Waals surface area contributed by atoms with Crippen LogP contribution in [-0.4, -0.2) is 9.78 Å². The number of nitrogens with zero attached hydrogens (tertiary/aromatic N) is 2. The van der Waals surface area contributed by atoms with Crippen LogP contribution in [-0.2, 0) is 6.18 Å². The minimum absolute atomic E-state index is 0.183. The first-order chi connectivity index (χ1) is 8.29. The maximum absolute atomic E-state index is 12.8. The molecule has 0 aliphatic carbocycles. The molecule has 0 unspecified atom stereocenters. The molecule has 0 fully saturated rings. The Morgan fingerprint density at radius 2 is 1.83 bits per heavy atom. The molecule has 0 aliphatic heterocycles. The molecule has 0 amide bonds. The molecule has 96 valence electrons. The van der Waals surface area contributed by atoms with Crippen molar-refractivity contribution < 1.29 is 13.2 Å². The van der Waals surface area contributed by atoms with E-state index < -0.39 is 11.7 Å². The molecule has 2 aromatic rings. The Kier molecular flexibility index (Phi) is 2.80. The lowest BCUT2D eigenvalue weighted by atomic mass is 10.1. The molecule has 1 heterocycles. The summed E-state index contributed by atoms with van der Waals surface area (Å²) in [6.07, 6.45) is -2.77. The first-order valence-corrected chi connectivity index (χ1v) is 5.29. The van der Waals surface area contributed by atoms with Gasteiger partial charge in [0.25, 0.3) is 0 Å². The highest BCUT2D eigenvalue weighted by molar-refractivity contribution is 5.44. The fraction of sp³-hybridized carbons (Fsp3) is 0.250. The third-order valence-corrected chi connectivity index (χ3v) is 2.73. The third-order valence-electron chi connectivity index (χ3n) is 2.73. The fourth-order valence-corrected chi connectivity index (χ4v) is 1.66. The summed E-state index contributed by atoms with van der Waals surface area (Å²) in [6.45, 7) is 3.17. The maximum atomic E-state index is 12.8. The molecule has 3 nitrogen and oxygen atoms in total. The van der Waals surface area contributed by atoms with E-state index >= 15 is 0 Å². The van der Waals surface area contributed by atoms with Gasteiger partial charge in [-0.25, -0.2) is 4.68 Å². The molecule has 1 aromatic heterocycles. The Morgan fingerprint density at radius 1 is 1.17 bits per heavy atom. The average Bonchev–Trinajstić information content (AvgIpc) is 2.58. The van der Waals surface area contributed by atoms with Crippen molar-refractivity contribution in [3.63, 3.8) is 0 Å². The van der Waals surface area contributed by atoms with Gasteiger partial charge in [0.15, 0.2) is 0 Å². The standard InChI is InChI=1S/C12H12F3N3/c1-7-3-4-9(5-10(7)12(13,14)15)18-6-8(2)11(16)17-18/h3-6H,1-2H3,(H2,16,17). The van der Waals surface area contributed by atoms with Crippen molar-refractivity contribution in [1.29, 1.82) is 0 Å². The molecular formula is C12H12F3N3. The number of nitrogen functional groups attached to an aromatic ring is 1. The molecule has 2 rings (SSSR count). The van der Waals surface area contributed by atoms with E-state index in [9.17, 15) is 13.2 Å². The van der Waals surface area contributed by atoms with E-state index in [4.69, 9.17) is 5.73 Å². The number of rotatable bonds is 1. The summed E-state index contributed by atoms with van der Waals surface area (Å²) in [6, 6.07) is 4.07. The van der Waals surface area contributed by atoms with Crippen molar-refractivity contribution in [2.75, 3.05) is 5.73 Å². The van der Waals surface area contributed by atoms with Crippen LogP contribution in [0.4, 0.5) is 19.0 Å². The van der Waals surface area contributed by atoms with E-state index in [0.29, 0.717) is 11.5 Å². The van der Waals surface area contributed by atoms with Crippen LogP contribution >= 0.6 is 0 Å². The summed E-state index contributed by atoms with van der Waals surface area (Å²) < 4.78 is 39.7. The quantitative estimate of drug-likeness (QED) is 0.851. The normalized spacial score (nSPS) is 11.8. The molecule has 1 aromatic carbocycles. The zero-order valence-corrected chi connectivity index (χ0v) is 9.92. The van der Waals surface area contributed by atoms with Gasteiger partial charge in [0.05, 0.1) is 11.3 Å². The first-order valence-electron chi connectivity index (χ1n) is 5.29. The van der Waals surface area contributed by atoms with Crippen LogP contribution < -0.4 is 5.73 Å². The highest BCUT2D eigenvalue weighted by Crippen LogP contribution is 2.33. The molecule has 2 N–H and O–H groups in total. The number of aromatic nitrogens is 2. The number of hydrogen-bond donors (Lipinski definition) is 1. The molecule has 18 heavy (non-hydrogen) atoms. The van der Waals surface area contributed by atoms with E-state index in [1.807, 2.05) is 0 Å². The first kappa shape index (κ1) is 12.5. The highest BCUT2D eigenvalue weighted by Gasteiger charge is 2.32. The van der Waals surface area contributed by atoms with Crippen LogP contribution in [0, 0.1) is 13.8 Å². The molecule has 0 saturated carbocycles. The summed E-state index contributed by atoms with van der Waals surface area (Å²) in [5.74, 6) is 0.309. The number of halogens is 3. The molecular weight excluding hydrogens is 243 g/mol. The van der Waals surface area contributed by atoms with Crippen LogP contribution in [0.2, 0.25) is 0 Å². The van der Waals surface area contributed by atoms with Gasteiger partial charge in [-0.2, -0.15) is 18.3 Å². The van der Waals surface area contributed by atoms with Crippen LogP contribution in [0.1, 0.15) is 16.7 Å². The zero-order chi connectivity index (χ0) is 13.5. The van der Waals surface area contributed by atoms with Crippen LogP contribution in [0.5, 0.6) is 0 Å². The Balaban J connectivity index is 2.54. The highest BCUT2D eigenvalue weighted by atomic mass is 19.4. The van der Waals surface area contributed by atoms with Crippen molar-refractivity contribution in [3.05, 3.63) is 41.1 Å². The van der Waals surface area contributed by atoms with Crippen molar-refractivity contribution >= 4 is 5.82 Å². The van der Waals surface area contributed by atoms with Gasteiger partial charge in [-0.3, -0.25) is 0 Å². The minimum atomic E-state index is -4.37. The molecule has 6 heteroatoms. The topological polar surface area (TPSA) is 43.8 Å². The van der Waals surface area contributed by atoms with Gasteiger partial charge in [0.2, 0.25) is 0 Å². The number of benzene rings is 1. The molecule has 0 radical (unpaired) electrons. The van der Waals surface area contributed by atoms with E-state index in [1.165, 1.54) is 17.7 Å². The van der Waals surface area contributed by atoms with Gasteiger partial charge >= 0.3 is 6.18 Å². The molecule has 0 aliphatic rings. The summed E-state index contributed by atoms with van der Waals surface area (Å²) >= 11 is 0. The Bertz CT molecular complexity index is 565. The summed E-state index contributed by atoms with van der Waals surface area (Å²) in [7, 11) is 0. The fourth-order valence-electron chi connectivity index (χ4n) is 1.66. The second kappa shape index (κ2) is 4.04. The number of nitrogens with two attached hydrogens (primary N) is 1. The Morgan fingerprint density at radius 3 is 2.33 bits per heavy atom. The van der Waals surface area contributed by atoms with Gasteiger partial charge in [-0.15, -0.1) is 0 Å². The van der Waals surface area contributed by atoms with E-state index in [-0.39, 0.29) is 5.56 Å². The Labute approximate surface area is 102 Å².